The maximum Gasteiger partial charge on any atom is 0.305 e. The molecule has 0 aromatic rings. The van der Waals surface area contributed by atoms with Crippen LogP contribution in [0.3, 0.4) is 0 Å². The molecule has 0 aliphatic heterocycles. The van der Waals surface area contributed by atoms with Crippen LogP contribution in [0.25, 0.3) is 0 Å². The van der Waals surface area contributed by atoms with Gasteiger partial charge < -0.3 is 10.1 Å². The van der Waals surface area contributed by atoms with E-state index in [-0.39, 0.29) is 11.9 Å². The lowest BCUT2D eigenvalue weighted by atomic mass is 10.2. The van der Waals surface area contributed by atoms with E-state index in [1.54, 1.807) is 0 Å². The Kier molecular flexibility index (Phi) is 7.48. The van der Waals surface area contributed by atoms with E-state index in [1.807, 2.05) is 18.9 Å². The minimum atomic E-state index is -0.111. The zero-order chi connectivity index (χ0) is 14.1. The van der Waals surface area contributed by atoms with E-state index in [2.05, 4.69) is 5.32 Å². The number of ether oxygens (including phenoxy) is 1. The predicted molar refractivity (Wildman–Crippen MR) is 73.8 cm³/mol. The standard InChI is InChI=1S/C14H26N2O3/c1-3-19-14(18)7-5-4-6-10-16(2)11-13(17)15-12-8-9-12/h12H,3-11H2,1-2H3,(H,15,17). The quantitative estimate of drug-likeness (QED) is 0.480. The molecule has 0 spiro atoms. The number of unbranched alkanes of at least 4 members (excludes halogenated alkanes) is 2. The average molecular weight is 270 g/mol. The smallest absolute Gasteiger partial charge is 0.305 e. The minimum absolute atomic E-state index is 0.111. The molecule has 1 saturated carbocycles. The van der Waals surface area contributed by atoms with Crippen LogP contribution in [0.2, 0.25) is 0 Å². The summed E-state index contributed by atoms with van der Waals surface area (Å²) in [5.74, 6) is 0.0104. The zero-order valence-corrected chi connectivity index (χ0v) is 12.1. The summed E-state index contributed by atoms with van der Waals surface area (Å²) >= 11 is 0. The second-order valence-electron chi connectivity index (χ2n) is 5.20. The summed E-state index contributed by atoms with van der Waals surface area (Å²) in [6.45, 7) is 3.63. The molecule has 1 amide bonds. The molecular weight excluding hydrogens is 244 g/mol. The van der Waals surface area contributed by atoms with Crippen molar-refractivity contribution in [2.45, 2.75) is 51.5 Å². The summed E-state index contributed by atoms with van der Waals surface area (Å²) in [5, 5.41) is 2.97. The van der Waals surface area contributed by atoms with Crippen molar-refractivity contribution in [1.82, 2.24) is 10.2 Å². The molecule has 0 bridgehead atoms. The van der Waals surface area contributed by atoms with Crippen LogP contribution in [0, 0.1) is 0 Å². The van der Waals surface area contributed by atoms with Gasteiger partial charge >= 0.3 is 5.97 Å². The van der Waals surface area contributed by atoms with Crippen molar-refractivity contribution in [3.8, 4) is 0 Å². The molecule has 0 saturated heterocycles. The van der Waals surface area contributed by atoms with Gasteiger partial charge in [0.05, 0.1) is 13.2 Å². The monoisotopic (exact) mass is 270 g/mol. The molecule has 1 aliphatic rings. The number of hydrogen-bond donors (Lipinski definition) is 1. The number of carbonyl (C=O) groups excluding carboxylic acids is 2. The van der Waals surface area contributed by atoms with Gasteiger partial charge in [-0.15, -0.1) is 0 Å². The van der Waals surface area contributed by atoms with Crippen LogP contribution >= 0.6 is 0 Å². The third kappa shape index (κ3) is 8.59. The Morgan fingerprint density at radius 3 is 2.63 bits per heavy atom. The summed E-state index contributed by atoms with van der Waals surface area (Å²) in [4.78, 5) is 24.7. The molecule has 0 radical (unpaired) electrons. The Morgan fingerprint density at radius 1 is 1.26 bits per heavy atom. The third-order valence-electron chi connectivity index (χ3n) is 3.08. The molecule has 1 rings (SSSR count). The molecule has 0 unspecified atom stereocenters. The lowest BCUT2D eigenvalue weighted by molar-refractivity contribution is -0.143. The fourth-order valence-corrected chi connectivity index (χ4v) is 1.89. The summed E-state index contributed by atoms with van der Waals surface area (Å²) in [6.07, 6.45) is 5.62. The molecule has 110 valence electrons. The van der Waals surface area contributed by atoms with Gasteiger partial charge in [-0.2, -0.15) is 0 Å². The number of nitrogens with one attached hydrogen (secondary N) is 1. The van der Waals surface area contributed by atoms with Gasteiger partial charge in [-0.3, -0.25) is 14.5 Å². The number of esters is 1. The SMILES string of the molecule is CCOC(=O)CCCCCN(C)CC(=O)NC1CC1. The predicted octanol–water partition coefficient (Wildman–Crippen LogP) is 1.32. The summed E-state index contributed by atoms with van der Waals surface area (Å²) in [6, 6.07) is 0.436. The van der Waals surface area contributed by atoms with E-state index in [1.165, 1.54) is 0 Å². The molecular formula is C14H26N2O3. The Bertz CT molecular complexity index is 290. The molecule has 1 N–H and O–H groups in total. The van der Waals surface area contributed by atoms with Crippen molar-refractivity contribution in [2.75, 3.05) is 26.7 Å². The van der Waals surface area contributed by atoms with Crippen molar-refractivity contribution in [3.05, 3.63) is 0 Å². The van der Waals surface area contributed by atoms with Crippen molar-refractivity contribution in [2.24, 2.45) is 0 Å². The average Bonchev–Trinajstić information content (AvgIpc) is 3.12. The van der Waals surface area contributed by atoms with Crippen LogP contribution in [0.4, 0.5) is 0 Å². The van der Waals surface area contributed by atoms with Crippen molar-refractivity contribution >= 4 is 11.9 Å². The molecule has 0 heterocycles. The normalized spacial score (nSPS) is 14.5. The van der Waals surface area contributed by atoms with Gasteiger partial charge in [0.1, 0.15) is 0 Å². The molecule has 5 heteroatoms. The van der Waals surface area contributed by atoms with E-state index in [0.717, 1.165) is 38.6 Å². The van der Waals surface area contributed by atoms with Crippen LogP contribution in [0.1, 0.15) is 45.4 Å². The highest BCUT2D eigenvalue weighted by atomic mass is 16.5. The summed E-state index contributed by atoms with van der Waals surface area (Å²) < 4.78 is 4.86. The van der Waals surface area contributed by atoms with Crippen molar-refractivity contribution in [1.29, 1.82) is 0 Å². The first kappa shape index (κ1) is 16.0. The Labute approximate surface area is 115 Å². The molecule has 19 heavy (non-hydrogen) atoms. The van der Waals surface area contributed by atoms with Crippen LogP contribution in [0.5, 0.6) is 0 Å². The molecule has 1 aliphatic carbocycles. The largest absolute Gasteiger partial charge is 0.466 e. The molecule has 5 nitrogen and oxygen atoms in total. The van der Waals surface area contributed by atoms with E-state index >= 15 is 0 Å². The van der Waals surface area contributed by atoms with Crippen LogP contribution in [-0.4, -0.2) is 49.6 Å². The number of amides is 1. The Balaban J connectivity index is 1.92. The fourth-order valence-electron chi connectivity index (χ4n) is 1.89. The van der Waals surface area contributed by atoms with Gasteiger partial charge in [0, 0.05) is 12.5 Å². The first-order valence-electron chi connectivity index (χ1n) is 7.25. The molecule has 0 aromatic heterocycles. The van der Waals surface area contributed by atoms with Gasteiger partial charge in [-0.1, -0.05) is 6.42 Å². The maximum absolute atomic E-state index is 11.5. The number of carbonyl (C=O) groups is 2. The number of hydrogen-bond acceptors (Lipinski definition) is 4. The number of likely N-dealkylation sites (N-methyl/N-ethyl adjacent to an activating group) is 1. The van der Waals surface area contributed by atoms with Crippen LogP contribution < -0.4 is 5.32 Å². The fraction of sp³-hybridized carbons (Fsp3) is 0.857. The minimum Gasteiger partial charge on any atom is -0.466 e. The van der Waals surface area contributed by atoms with Gasteiger partial charge in [0.25, 0.3) is 0 Å². The summed E-state index contributed by atoms with van der Waals surface area (Å²) in [7, 11) is 1.96. The highest BCUT2D eigenvalue weighted by Crippen LogP contribution is 2.18. The maximum atomic E-state index is 11.5. The van der Waals surface area contributed by atoms with Gasteiger partial charge in [-0.05, 0) is 46.2 Å². The number of rotatable bonds is 10. The van der Waals surface area contributed by atoms with Gasteiger partial charge in [0.15, 0.2) is 0 Å². The van der Waals surface area contributed by atoms with Crippen molar-refractivity contribution in [3.63, 3.8) is 0 Å². The zero-order valence-electron chi connectivity index (χ0n) is 12.1. The second kappa shape index (κ2) is 8.91. The Hall–Kier alpha value is -1.10. The lowest BCUT2D eigenvalue weighted by Gasteiger charge is -2.15. The van der Waals surface area contributed by atoms with Crippen LogP contribution in [0.15, 0.2) is 0 Å². The van der Waals surface area contributed by atoms with Crippen molar-refractivity contribution < 1.29 is 14.3 Å². The molecule has 0 atom stereocenters. The van der Waals surface area contributed by atoms with E-state index in [4.69, 9.17) is 4.74 Å². The highest BCUT2D eigenvalue weighted by Gasteiger charge is 2.23. The first-order valence-corrected chi connectivity index (χ1v) is 7.25. The Morgan fingerprint density at radius 2 is 2.00 bits per heavy atom. The second-order valence-corrected chi connectivity index (χ2v) is 5.20. The van der Waals surface area contributed by atoms with Crippen LogP contribution in [-0.2, 0) is 14.3 Å². The van der Waals surface area contributed by atoms with Gasteiger partial charge in [0.2, 0.25) is 5.91 Å². The topological polar surface area (TPSA) is 58.6 Å². The molecule has 1 fully saturated rings. The number of nitrogens with zero attached hydrogens (tertiary/aromatic N) is 1. The van der Waals surface area contributed by atoms with E-state index < -0.39 is 0 Å². The van der Waals surface area contributed by atoms with E-state index in [9.17, 15) is 9.59 Å². The lowest BCUT2D eigenvalue weighted by Crippen LogP contribution is -2.36. The first-order chi connectivity index (χ1) is 9.11. The molecule has 0 aromatic carbocycles. The highest BCUT2D eigenvalue weighted by molar-refractivity contribution is 5.78. The third-order valence-corrected chi connectivity index (χ3v) is 3.08. The van der Waals surface area contributed by atoms with E-state index in [0.29, 0.717) is 25.6 Å². The van der Waals surface area contributed by atoms with Gasteiger partial charge in [-0.25, -0.2) is 0 Å². The summed E-state index contributed by atoms with van der Waals surface area (Å²) in [5.41, 5.74) is 0.